The molecule has 0 spiro atoms. The lowest BCUT2D eigenvalue weighted by atomic mass is 10.1. The third-order valence-electron chi connectivity index (χ3n) is 7.96. The fourth-order valence-corrected chi connectivity index (χ4v) is 5.75. The molecule has 0 saturated carbocycles. The number of rotatable bonds is 36. The van der Waals surface area contributed by atoms with E-state index in [-0.39, 0.29) is 32.1 Å². The fourth-order valence-electron chi connectivity index (χ4n) is 4.99. The molecule has 0 aliphatic carbocycles. The molecular weight excluding hydrogens is 665 g/mol. The molecular formula is C41H72NO8P. The predicted molar refractivity (Wildman–Crippen MR) is 210 cm³/mol. The predicted octanol–water partition coefficient (Wildman–Crippen LogP) is 10.5. The second-order valence-electron chi connectivity index (χ2n) is 12.9. The molecule has 0 aliphatic rings. The molecule has 0 radical (unpaired) electrons. The van der Waals surface area contributed by atoms with Crippen LogP contribution in [0.4, 0.5) is 0 Å². The van der Waals surface area contributed by atoms with Gasteiger partial charge in [0, 0.05) is 19.4 Å². The number of ether oxygens (including phenoxy) is 1. The van der Waals surface area contributed by atoms with Crippen molar-refractivity contribution < 1.29 is 37.9 Å². The summed E-state index contributed by atoms with van der Waals surface area (Å²) in [5.41, 5.74) is 0. The van der Waals surface area contributed by atoms with Crippen molar-refractivity contribution in [2.24, 2.45) is 0 Å². The molecule has 0 bridgehead atoms. The molecule has 1 amide bonds. The van der Waals surface area contributed by atoms with Gasteiger partial charge >= 0.3 is 13.8 Å². The first kappa shape index (κ1) is 48.7. The Balaban J connectivity index is 3.62. The summed E-state index contributed by atoms with van der Waals surface area (Å²) >= 11 is 0. The highest BCUT2D eigenvalue weighted by Crippen LogP contribution is 2.42. The normalized spacial score (nSPS) is 14.0. The van der Waals surface area contributed by atoms with Crippen molar-refractivity contribution in [3.63, 3.8) is 0 Å². The Morgan fingerprint density at radius 3 is 1.69 bits per heavy atom. The molecule has 0 fully saturated rings. The largest absolute Gasteiger partial charge is 0.472 e. The molecule has 0 saturated heterocycles. The number of phosphoric acid groups is 1. The lowest BCUT2D eigenvalue weighted by Gasteiger charge is -2.15. The van der Waals surface area contributed by atoms with Gasteiger partial charge in [-0.15, -0.1) is 0 Å². The van der Waals surface area contributed by atoms with Crippen molar-refractivity contribution in [1.29, 1.82) is 0 Å². The maximum Gasteiger partial charge on any atom is 0.472 e. The van der Waals surface area contributed by atoms with Gasteiger partial charge in [-0.1, -0.05) is 145 Å². The maximum absolute atomic E-state index is 12.0. The number of amides is 1. The SMILES string of the molecule is CC/C=C\C/C=C\C/C=C\C/C=C\C/C=C\CCCCCCCCCC(=O)NCCOP(=O)(O)OCC(O)COC(=O)CCCCCCCCC. The zero-order chi connectivity index (χ0) is 37.5. The highest BCUT2D eigenvalue weighted by atomic mass is 31.2. The molecule has 0 aromatic rings. The molecule has 51 heavy (non-hydrogen) atoms. The van der Waals surface area contributed by atoms with Crippen LogP contribution < -0.4 is 5.32 Å². The summed E-state index contributed by atoms with van der Waals surface area (Å²) in [5, 5.41) is 12.6. The fraction of sp³-hybridized carbons (Fsp3) is 0.707. The van der Waals surface area contributed by atoms with Crippen LogP contribution in [-0.2, 0) is 27.9 Å². The number of hydrogen-bond donors (Lipinski definition) is 3. The highest BCUT2D eigenvalue weighted by molar-refractivity contribution is 7.47. The minimum absolute atomic E-state index is 0.0728. The number of aliphatic hydroxyl groups excluding tert-OH is 1. The number of nitrogens with one attached hydrogen (secondary N) is 1. The van der Waals surface area contributed by atoms with Crippen molar-refractivity contribution >= 4 is 19.7 Å². The average molecular weight is 738 g/mol. The minimum atomic E-state index is -4.41. The molecule has 2 atom stereocenters. The van der Waals surface area contributed by atoms with Gasteiger partial charge in [0.1, 0.15) is 12.7 Å². The maximum atomic E-state index is 12.0. The second-order valence-corrected chi connectivity index (χ2v) is 14.3. The van der Waals surface area contributed by atoms with Crippen LogP contribution in [0.25, 0.3) is 0 Å². The summed E-state index contributed by atoms with van der Waals surface area (Å²) in [6.07, 6.45) is 43.2. The van der Waals surface area contributed by atoms with E-state index in [4.69, 9.17) is 13.8 Å². The first-order valence-electron chi connectivity index (χ1n) is 19.8. The smallest absolute Gasteiger partial charge is 0.463 e. The zero-order valence-corrected chi connectivity index (χ0v) is 32.9. The molecule has 0 aromatic heterocycles. The van der Waals surface area contributed by atoms with Crippen LogP contribution in [0, 0.1) is 0 Å². The van der Waals surface area contributed by atoms with E-state index in [9.17, 15) is 24.2 Å². The van der Waals surface area contributed by atoms with E-state index in [1.54, 1.807) is 0 Å². The van der Waals surface area contributed by atoms with Gasteiger partial charge in [-0.2, -0.15) is 0 Å². The van der Waals surface area contributed by atoms with Crippen LogP contribution in [0.1, 0.15) is 155 Å². The lowest BCUT2D eigenvalue weighted by Crippen LogP contribution is -2.27. The number of phosphoric ester groups is 1. The zero-order valence-electron chi connectivity index (χ0n) is 32.0. The number of unbranched alkanes of at least 4 members (excludes halogenated alkanes) is 13. The molecule has 9 nitrogen and oxygen atoms in total. The van der Waals surface area contributed by atoms with Gasteiger partial charge in [0.25, 0.3) is 0 Å². The first-order valence-corrected chi connectivity index (χ1v) is 21.3. The van der Waals surface area contributed by atoms with E-state index in [1.807, 2.05) is 0 Å². The van der Waals surface area contributed by atoms with Crippen LogP contribution >= 0.6 is 7.82 Å². The van der Waals surface area contributed by atoms with Crippen molar-refractivity contribution in [2.75, 3.05) is 26.4 Å². The van der Waals surface area contributed by atoms with Gasteiger partial charge in [0.05, 0.1) is 13.2 Å². The third kappa shape index (κ3) is 38.8. The Morgan fingerprint density at radius 2 is 1.12 bits per heavy atom. The standard InChI is InChI=1S/C41H72NO8P/c1-3-5-7-9-11-12-13-14-15-16-17-18-19-20-21-22-23-24-25-26-28-29-31-33-40(44)42-35-36-49-51(46,47)50-38-39(43)37-48-41(45)34-32-30-27-10-8-6-4-2/h5,7,11-12,14-15,17-18,20-21,39,43H,3-4,6,8-10,13,16,19,22-38H2,1-2H3,(H,42,44)(H,46,47)/b7-5-,12-11-,15-14-,18-17-,21-20-. The molecule has 10 heteroatoms. The molecule has 0 rings (SSSR count). The molecule has 2 unspecified atom stereocenters. The summed E-state index contributed by atoms with van der Waals surface area (Å²) in [4.78, 5) is 33.6. The van der Waals surface area contributed by atoms with Gasteiger partial charge in [0.2, 0.25) is 5.91 Å². The molecule has 0 aromatic carbocycles. The van der Waals surface area contributed by atoms with Crippen LogP contribution in [0.3, 0.4) is 0 Å². The number of hydrogen-bond acceptors (Lipinski definition) is 7. The van der Waals surface area contributed by atoms with Crippen molar-refractivity contribution in [1.82, 2.24) is 5.32 Å². The lowest BCUT2D eigenvalue weighted by molar-refractivity contribution is -0.147. The van der Waals surface area contributed by atoms with Crippen molar-refractivity contribution in [2.45, 2.75) is 161 Å². The van der Waals surface area contributed by atoms with E-state index >= 15 is 0 Å². The van der Waals surface area contributed by atoms with Crippen molar-refractivity contribution in [3.05, 3.63) is 60.8 Å². The number of aliphatic hydroxyl groups is 1. The van der Waals surface area contributed by atoms with E-state index in [1.165, 1.54) is 51.4 Å². The van der Waals surface area contributed by atoms with Crippen LogP contribution in [-0.4, -0.2) is 54.3 Å². The number of carbonyl (C=O) groups is 2. The summed E-state index contributed by atoms with van der Waals surface area (Å²) in [6, 6.07) is 0. The topological polar surface area (TPSA) is 131 Å². The summed E-state index contributed by atoms with van der Waals surface area (Å²) in [7, 11) is -4.41. The van der Waals surface area contributed by atoms with Crippen LogP contribution in [0.5, 0.6) is 0 Å². The van der Waals surface area contributed by atoms with Crippen molar-refractivity contribution in [3.8, 4) is 0 Å². The Hall–Kier alpha value is -2.29. The van der Waals surface area contributed by atoms with Gasteiger partial charge in [-0.05, 0) is 57.8 Å². The van der Waals surface area contributed by atoms with Gasteiger partial charge in [-0.25, -0.2) is 4.57 Å². The minimum Gasteiger partial charge on any atom is -0.463 e. The van der Waals surface area contributed by atoms with Gasteiger partial charge < -0.3 is 20.1 Å². The van der Waals surface area contributed by atoms with E-state index < -0.39 is 26.5 Å². The molecule has 294 valence electrons. The molecule has 0 aliphatic heterocycles. The average Bonchev–Trinajstić information content (AvgIpc) is 3.11. The number of allylic oxidation sites excluding steroid dienone is 10. The quantitative estimate of drug-likeness (QED) is 0.0251. The Morgan fingerprint density at radius 1 is 0.627 bits per heavy atom. The van der Waals surface area contributed by atoms with Crippen LogP contribution in [0.2, 0.25) is 0 Å². The number of esters is 1. The van der Waals surface area contributed by atoms with E-state index in [2.05, 4.69) is 79.9 Å². The molecule has 3 N–H and O–H groups in total. The third-order valence-corrected chi connectivity index (χ3v) is 8.95. The summed E-state index contributed by atoms with van der Waals surface area (Å²) in [5.74, 6) is -0.538. The summed E-state index contributed by atoms with van der Waals surface area (Å²) in [6.45, 7) is 3.35. The second kappa shape index (κ2) is 37.5. The Bertz CT molecular complexity index is 1020. The Kier molecular flexibility index (Phi) is 35.8. The van der Waals surface area contributed by atoms with Gasteiger partial charge in [-0.3, -0.25) is 18.6 Å². The van der Waals surface area contributed by atoms with Gasteiger partial charge in [0.15, 0.2) is 0 Å². The monoisotopic (exact) mass is 737 g/mol. The Labute approximate surface area is 310 Å². The van der Waals surface area contributed by atoms with E-state index in [0.717, 1.165) is 77.0 Å². The van der Waals surface area contributed by atoms with E-state index in [0.29, 0.717) is 6.42 Å². The summed E-state index contributed by atoms with van der Waals surface area (Å²) < 4.78 is 26.7. The molecule has 0 heterocycles. The first-order chi connectivity index (χ1) is 24.8. The van der Waals surface area contributed by atoms with Crippen LogP contribution in [0.15, 0.2) is 60.8 Å². The number of carbonyl (C=O) groups excluding carboxylic acids is 2. The highest BCUT2D eigenvalue weighted by Gasteiger charge is 2.23.